The maximum Gasteiger partial charge on any atom is 0.166 e. The van der Waals surface area contributed by atoms with Gasteiger partial charge in [0.25, 0.3) is 0 Å². The summed E-state index contributed by atoms with van der Waals surface area (Å²) in [7, 11) is 0. The first-order valence-corrected chi connectivity index (χ1v) is 9.44. The zero-order chi connectivity index (χ0) is 19.1. The summed E-state index contributed by atoms with van der Waals surface area (Å²) in [6.45, 7) is 1.83. The van der Waals surface area contributed by atoms with Crippen molar-refractivity contribution in [2.75, 3.05) is 0 Å². The minimum Gasteiger partial charge on any atom is -0.508 e. The summed E-state index contributed by atoms with van der Waals surface area (Å²) in [5, 5.41) is 9.86. The predicted octanol–water partition coefficient (Wildman–Crippen LogP) is 6.34. The average Bonchev–Trinajstić information content (AvgIpc) is 2.65. The van der Waals surface area contributed by atoms with Gasteiger partial charge < -0.3 is 9.84 Å². The molecular formula is C22H15F2IO2. The second-order valence-electron chi connectivity index (χ2n) is 6.37. The Hall–Kier alpha value is -2.41. The SMILES string of the molecule is CC1=C(c2cccc(F)c2F)[C@@H](c2ccc(I)cc2)Oc2ccc(O)cc21. The van der Waals surface area contributed by atoms with Crippen LogP contribution in [-0.2, 0) is 0 Å². The third-order valence-electron chi connectivity index (χ3n) is 4.69. The van der Waals surface area contributed by atoms with E-state index in [4.69, 9.17) is 4.74 Å². The lowest BCUT2D eigenvalue weighted by molar-refractivity contribution is 0.259. The molecule has 0 aliphatic carbocycles. The number of phenolic OH excluding ortho intramolecular Hbond substituents is 1. The maximum absolute atomic E-state index is 14.7. The van der Waals surface area contributed by atoms with Crippen LogP contribution in [0.4, 0.5) is 8.78 Å². The number of halogens is 3. The summed E-state index contributed by atoms with van der Waals surface area (Å²) < 4.78 is 35.8. The van der Waals surface area contributed by atoms with E-state index < -0.39 is 17.7 Å². The topological polar surface area (TPSA) is 29.5 Å². The largest absolute Gasteiger partial charge is 0.508 e. The van der Waals surface area contributed by atoms with Gasteiger partial charge in [-0.25, -0.2) is 8.78 Å². The van der Waals surface area contributed by atoms with Crippen LogP contribution in [0.3, 0.4) is 0 Å². The third-order valence-corrected chi connectivity index (χ3v) is 5.41. The normalized spacial score (nSPS) is 16.1. The Balaban J connectivity index is 1.98. The van der Waals surface area contributed by atoms with E-state index >= 15 is 0 Å². The van der Waals surface area contributed by atoms with Crippen LogP contribution < -0.4 is 4.74 Å². The van der Waals surface area contributed by atoms with Gasteiger partial charge in [0.1, 0.15) is 17.6 Å². The van der Waals surface area contributed by atoms with Crippen LogP contribution in [0.25, 0.3) is 11.1 Å². The molecule has 27 heavy (non-hydrogen) atoms. The Morgan fingerprint density at radius 3 is 2.44 bits per heavy atom. The first-order chi connectivity index (χ1) is 13.0. The van der Waals surface area contributed by atoms with Gasteiger partial charge >= 0.3 is 0 Å². The molecule has 0 aromatic heterocycles. The van der Waals surface area contributed by atoms with Crippen LogP contribution in [0.15, 0.2) is 60.7 Å². The molecule has 2 nitrogen and oxygen atoms in total. The Morgan fingerprint density at radius 2 is 1.70 bits per heavy atom. The molecule has 0 saturated heterocycles. The van der Waals surface area contributed by atoms with Gasteiger partial charge in [-0.15, -0.1) is 0 Å². The van der Waals surface area contributed by atoms with Crippen LogP contribution in [0.1, 0.15) is 29.7 Å². The lowest BCUT2D eigenvalue weighted by Crippen LogP contribution is -2.17. The predicted molar refractivity (Wildman–Crippen MR) is 109 cm³/mol. The Morgan fingerprint density at radius 1 is 0.963 bits per heavy atom. The molecule has 1 heterocycles. The van der Waals surface area contributed by atoms with Crippen molar-refractivity contribution in [1.82, 2.24) is 0 Å². The van der Waals surface area contributed by atoms with E-state index in [9.17, 15) is 13.9 Å². The highest BCUT2D eigenvalue weighted by molar-refractivity contribution is 14.1. The number of phenols is 1. The fourth-order valence-electron chi connectivity index (χ4n) is 3.37. The Bertz CT molecular complexity index is 1060. The van der Waals surface area contributed by atoms with Gasteiger partial charge in [0.05, 0.1) is 0 Å². The Kier molecular flexibility index (Phi) is 4.63. The van der Waals surface area contributed by atoms with Crippen LogP contribution in [-0.4, -0.2) is 5.11 Å². The molecule has 0 spiro atoms. The standard InChI is InChI=1S/C22H15F2IO2/c1-12-17-11-15(26)9-10-19(17)27-22(13-5-7-14(25)8-6-13)20(12)16-3-2-4-18(23)21(16)24/h2-11,22,26H,1H3/t22-/m1/s1. The van der Waals surface area contributed by atoms with Gasteiger partial charge in [-0.3, -0.25) is 0 Å². The molecule has 0 amide bonds. The summed E-state index contributed by atoms with van der Waals surface area (Å²) in [6, 6.07) is 16.7. The molecule has 0 saturated carbocycles. The monoisotopic (exact) mass is 476 g/mol. The van der Waals surface area contributed by atoms with Crippen molar-refractivity contribution in [2.24, 2.45) is 0 Å². The van der Waals surface area contributed by atoms with E-state index in [1.165, 1.54) is 6.07 Å². The molecule has 1 N–H and O–H groups in total. The summed E-state index contributed by atoms with van der Waals surface area (Å²) in [6.07, 6.45) is -0.588. The van der Waals surface area contributed by atoms with Gasteiger partial charge in [-0.05, 0) is 77.0 Å². The number of aromatic hydroxyl groups is 1. The molecule has 4 rings (SSSR count). The summed E-state index contributed by atoms with van der Waals surface area (Å²) in [5.74, 6) is -1.14. The van der Waals surface area contributed by atoms with Gasteiger partial charge in [0.2, 0.25) is 0 Å². The molecule has 1 aliphatic rings. The highest BCUT2D eigenvalue weighted by Crippen LogP contribution is 2.47. The molecule has 1 aliphatic heterocycles. The molecule has 3 aromatic rings. The van der Waals surface area contributed by atoms with Crippen molar-refractivity contribution >= 4 is 33.7 Å². The van der Waals surface area contributed by atoms with Gasteiger partial charge in [0, 0.05) is 20.3 Å². The highest BCUT2D eigenvalue weighted by atomic mass is 127. The van der Waals surface area contributed by atoms with Crippen molar-refractivity contribution in [1.29, 1.82) is 0 Å². The van der Waals surface area contributed by atoms with Gasteiger partial charge in [-0.1, -0.05) is 24.3 Å². The quantitative estimate of drug-likeness (QED) is 0.438. The first-order valence-electron chi connectivity index (χ1n) is 8.36. The lowest BCUT2D eigenvalue weighted by Gasteiger charge is -2.31. The van der Waals surface area contributed by atoms with Crippen molar-refractivity contribution in [2.45, 2.75) is 13.0 Å². The molecule has 5 heteroatoms. The number of hydrogen-bond donors (Lipinski definition) is 1. The number of fused-ring (bicyclic) bond motifs is 1. The van der Waals surface area contributed by atoms with E-state index in [1.54, 1.807) is 24.3 Å². The number of benzene rings is 3. The molecule has 3 aromatic carbocycles. The Labute approximate surface area is 169 Å². The van der Waals surface area contributed by atoms with Crippen LogP contribution in [0, 0.1) is 15.2 Å². The van der Waals surface area contributed by atoms with Crippen molar-refractivity contribution in [3.05, 3.63) is 92.6 Å². The van der Waals surface area contributed by atoms with Crippen molar-refractivity contribution < 1.29 is 18.6 Å². The number of rotatable bonds is 2. The van der Waals surface area contributed by atoms with Gasteiger partial charge in [-0.2, -0.15) is 0 Å². The van der Waals surface area contributed by atoms with E-state index in [-0.39, 0.29) is 11.3 Å². The van der Waals surface area contributed by atoms with Gasteiger partial charge in [0.15, 0.2) is 11.6 Å². The van der Waals surface area contributed by atoms with Crippen LogP contribution >= 0.6 is 22.6 Å². The molecule has 0 bridgehead atoms. The summed E-state index contributed by atoms with van der Waals surface area (Å²) >= 11 is 2.21. The molecule has 136 valence electrons. The molecule has 1 atom stereocenters. The van der Waals surface area contributed by atoms with Crippen molar-refractivity contribution in [3.8, 4) is 11.5 Å². The zero-order valence-corrected chi connectivity index (χ0v) is 16.5. The third kappa shape index (κ3) is 3.20. The highest BCUT2D eigenvalue weighted by Gasteiger charge is 2.31. The fraction of sp³-hybridized carbons (Fsp3) is 0.0909. The van der Waals surface area contributed by atoms with Crippen LogP contribution in [0.5, 0.6) is 11.5 Å². The van der Waals surface area contributed by atoms with E-state index in [1.807, 2.05) is 31.2 Å². The number of allylic oxidation sites excluding steroid dienone is 1. The maximum atomic E-state index is 14.7. The van der Waals surface area contributed by atoms with E-state index in [0.717, 1.165) is 20.8 Å². The molecule has 0 radical (unpaired) electrons. The first kappa shape index (κ1) is 18.0. The number of hydrogen-bond acceptors (Lipinski definition) is 2. The van der Waals surface area contributed by atoms with Crippen LogP contribution in [0.2, 0.25) is 0 Å². The molecular weight excluding hydrogens is 461 g/mol. The lowest BCUT2D eigenvalue weighted by atomic mass is 9.86. The second-order valence-corrected chi connectivity index (χ2v) is 7.62. The molecule has 0 unspecified atom stereocenters. The summed E-state index contributed by atoms with van der Waals surface area (Å²) in [5.41, 5.74) is 2.94. The second kappa shape index (κ2) is 6.96. The fourth-order valence-corrected chi connectivity index (χ4v) is 3.73. The minimum atomic E-state index is -0.908. The van der Waals surface area contributed by atoms with Crippen molar-refractivity contribution in [3.63, 3.8) is 0 Å². The number of ether oxygens (including phenoxy) is 1. The summed E-state index contributed by atoms with van der Waals surface area (Å²) in [4.78, 5) is 0. The average molecular weight is 476 g/mol. The smallest absolute Gasteiger partial charge is 0.166 e. The minimum absolute atomic E-state index is 0.0866. The molecule has 0 fully saturated rings. The van der Waals surface area contributed by atoms with E-state index in [2.05, 4.69) is 22.6 Å². The zero-order valence-electron chi connectivity index (χ0n) is 14.3. The van der Waals surface area contributed by atoms with E-state index in [0.29, 0.717) is 16.9 Å².